The van der Waals surface area contributed by atoms with E-state index in [2.05, 4.69) is 12.1 Å². The number of halogens is 2. The first-order valence-electron chi connectivity index (χ1n) is 8.75. The third kappa shape index (κ3) is 3.12. The number of aromatic nitrogens is 1. The highest BCUT2D eigenvalue weighted by atomic mass is 35.5. The SMILES string of the molecule is N#CC1=C(N)n2c(s/c(=C\c3ccccc3Cl)c2=O)=C(C#N)C1c1ccccc1Cl. The third-order valence-electron chi connectivity index (χ3n) is 4.80. The van der Waals surface area contributed by atoms with Gasteiger partial charge in [0.2, 0.25) is 0 Å². The van der Waals surface area contributed by atoms with Crippen LogP contribution in [0.5, 0.6) is 0 Å². The largest absolute Gasteiger partial charge is 0.384 e. The van der Waals surface area contributed by atoms with Crippen LogP contribution in [0, 0.1) is 22.7 Å². The highest BCUT2D eigenvalue weighted by molar-refractivity contribution is 7.07. The maximum atomic E-state index is 13.1. The molecule has 1 aliphatic heterocycles. The molecule has 1 unspecified atom stereocenters. The Morgan fingerprint density at radius 2 is 1.63 bits per heavy atom. The van der Waals surface area contributed by atoms with Gasteiger partial charge in [0.15, 0.2) is 0 Å². The number of fused-ring (bicyclic) bond motifs is 1. The van der Waals surface area contributed by atoms with Crippen LogP contribution in [0.25, 0.3) is 17.5 Å². The van der Waals surface area contributed by atoms with Crippen LogP contribution in [0.1, 0.15) is 17.0 Å². The Morgan fingerprint density at radius 1 is 1.00 bits per heavy atom. The summed E-state index contributed by atoms with van der Waals surface area (Å²) in [4.78, 5) is 13.1. The lowest BCUT2D eigenvalue weighted by atomic mass is 9.84. The second-order valence-electron chi connectivity index (χ2n) is 6.47. The van der Waals surface area contributed by atoms with E-state index in [0.29, 0.717) is 30.4 Å². The van der Waals surface area contributed by atoms with Crippen molar-refractivity contribution in [3.8, 4) is 12.1 Å². The van der Waals surface area contributed by atoms with Crippen LogP contribution in [0.4, 0.5) is 0 Å². The van der Waals surface area contributed by atoms with Gasteiger partial charge in [-0.3, -0.25) is 9.36 Å². The van der Waals surface area contributed by atoms with Gasteiger partial charge in [0, 0.05) is 10.0 Å². The number of rotatable bonds is 2. The zero-order valence-corrected chi connectivity index (χ0v) is 17.6. The first-order chi connectivity index (χ1) is 14.5. The summed E-state index contributed by atoms with van der Waals surface area (Å²) in [7, 11) is 0. The summed E-state index contributed by atoms with van der Waals surface area (Å²) in [5.41, 5.74) is 7.44. The van der Waals surface area contributed by atoms with E-state index in [1.165, 1.54) is 4.57 Å². The molecule has 5 nitrogen and oxygen atoms in total. The molecule has 1 aromatic heterocycles. The number of nitrogens with zero attached hydrogens (tertiary/aromatic N) is 3. The molecule has 2 N–H and O–H groups in total. The Labute approximate surface area is 185 Å². The Kier molecular flexibility index (Phi) is 5.24. The predicted molar refractivity (Wildman–Crippen MR) is 119 cm³/mol. The average Bonchev–Trinajstić information content (AvgIpc) is 3.06. The van der Waals surface area contributed by atoms with Gasteiger partial charge in [-0.2, -0.15) is 10.5 Å². The number of benzene rings is 2. The van der Waals surface area contributed by atoms with E-state index in [1.807, 2.05) is 6.07 Å². The minimum absolute atomic E-state index is 0.00326. The maximum absolute atomic E-state index is 13.1. The van der Waals surface area contributed by atoms with Crippen molar-refractivity contribution < 1.29 is 0 Å². The van der Waals surface area contributed by atoms with Gasteiger partial charge in [0.05, 0.1) is 33.7 Å². The highest BCUT2D eigenvalue weighted by Gasteiger charge is 2.33. The van der Waals surface area contributed by atoms with Crippen molar-refractivity contribution in [1.82, 2.24) is 4.57 Å². The molecular weight excluding hydrogens is 439 g/mol. The molecule has 0 spiro atoms. The van der Waals surface area contributed by atoms with Gasteiger partial charge in [-0.25, -0.2) is 0 Å². The van der Waals surface area contributed by atoms with E-state index in [1.54, 1.807) is 48.5 Å². The molecule has 8 heteroatoms. The van der Waals surface area contributed by atoms with Gasteiger partial charge in [-0.05, 0) is 29.3 Å². The minimum atomic E-state index is -0.750. The molecule has 2 aromatic carbocycles. The molecule has 0 bridgehead atoms. The van der Waals surface area contributed by atoms with Crippen molar-refractivity contribution in [3.63, 3.8) is 0 Å². The second-order valence-corrected chi connectivity index (χ2v) is 8.31. The summed E-state index contributed by atoms with van der Waals surface area (Å²) >= 11 is 13.7. The topological polar surface area (TPSA) is 95.6 Å². The standard InChI is InChI=1S/C22H12Cl2N4OS/c23-16-7-3-1-5-12(16)9-18-21(29)28-20(27)14(10-25)19(15(11-26)22(28)30-18)13-6-2-4-8-17(13)24/h1-9,19H,27H2/b18-9-. The van der Waals surface area contributed by atoms with Crippen LogP contribution >= 0.6 is 34.5 Å². The first kappa shape index (κ1) is 20.0. The van der Waals surface area contributed by atoms with Crippen LogP contribution in [-0.4, -0.2) is 4.57 Å². The van der Waals surface area contributed by atoms with Crippen LogP contribution in [0.2, 0.25) is 10.0 Å². The van der Waals surface area contributed by atoms with Gasteiger partial charge >= 0.3 is 0 Å². The van der Waals surface area contributed by atoms with Crippen molar-refractivity contribution in [1.29, 1.82) is 10.5 Å². The van der Waals surface area contributed by atoms with Gasteiger partial charge in [-0.1, -0.05) is 59.6 Å². The lowest BCUT2D eigenvalue weighted by Crippen LogP contribution is -2.38. The van der Waals surface area contributed by atoms with Gasteiger partial charge in [0.25, 0.3) is 5.56 Å². The van der Waals surface area contributed by atoms with E-state index in [9.17, 15) is 15.3 Å². The summed E-state index contributed by atoms with van der Waals surface area (Å²) in [6.45, 7) is 0. The Bertz CT molecular complexity index is 1480. The second kappa shape index (κ2) is 7.85. The molecule has 3 aromatic rings. The molecule has 0 saturated carbocycles. The summed E-state index contributed by atoms with van der Waals surface area (Å²) in [5.74, 6) is -0.753. The smallest absolute Gasteiger partial charge is 0.274 e. The van der Waals surface area contributed by atoms with Gasteiger partial charge in [0.1, 0.15) is 10.5 Å². The van der Waals surface area contributed by atoms with Crippen molar-refractivity contribution in [2.45, 2.75) is 5.92 Å². The lowest BCUT2D eigenvalue weighted by molar-refractivity contribution is 0.906. The fourth-order valence-electron chi connectivity index (χ4n) is 3.41. The molecule has 2 heterocycles. The van der Waals surface area contributed by atoms with E-state index >= 15 is 0 Å². The highest BCUT2D eigenvalue weighted by Crippen LogP contribution is 2.38. The van der Waals surface area contributed by atoms with E-state index in [-0.39, 0.29) is 17.0 Å². The summed E-state index contributed by atoms with van der Waals surface area (Å²) in [5, 5.41) is 20.7. The van der Waals surface area contributed by atoms with E-state index in [4.69, 9.17) is 28.9 Å². The number of nitrogens with two attached hydrogens (primary N) is 1. The average molecular weight is 451 g/mol. The monoisotopic (exact) mass is 450 g/mol. The quantitative estimate of drug-likeness (QED) is 0.648. The van der Waals surface area contributed by atoms with Crippen LogP contribution in [0.15, 0.2) is 58.9 Å². The van der Waals surface area contributed by atoms with Crippen LogP contribution < -0.4 is 20.5 Å². The number of thiazole rings is 1. The molecule has 0 amide bonds. The van der Waals surface area contributed by atoms with Gasteiger partial charge in [-0.15, -0.1) is 11.3 Å². The summed E-state index contributed by atoms with van der Waals surface area (Å²) < 4.78 is 1.95. The predicted octanol–water partition coefficient (Wildman–Crippen LogP) is 3.17. The fraction of sp³-hybridized carbons (Fsp3) is 0.0455. The van der Waals surface area contributed by atoms with Crippen LogP contribution in [-0.2, 0) is 0 Å². The number of hydrogen-bond donors (Lipinski definition) is 1. The summed E-state index contributed by atoms with van der Waals surface area (Å²) in [6.07, 6.45) is 1.65. The maximum Gasteiger partial charge on any atom is 0.274 e. The Morgan fingerprint density at radius 3 is 2.27 bits per heavy atom. The van der Waals surface area contributed by atoms with E-state index < -0.39 is 11.5 Å². The van der Waals surface area contributed by atoms with Crippen molar-refractivity contribution in [3.05, 3.63) is 94.8 Å². The molecule has 4 rings (SSSR count). The number of nitriles is 2. The Balaban J connectivity index is 2.10. The molecule has 1 aliphatic rings. The molecule has 0 saturated heterocycles. The summed E-state index contributed by atoms with van der Waals surface area (Å²) in [6, 6.07) is 18.3. The Hall–Kier alpha value is -3.29. The van der Waals surface area contributed by atoms with E-state index in [0.717, 1.165) is 11.3 Å². The first-order valence-corrected chi connectivity index (χ1v) is 10.3. The van der Waals surface area contributed by atoms with Crippen molar-refractivity contribution in [2.75, 3.05) is 0 Å². The van der Waals surface area contributed by atoms with Crippen LogP contribution in [0.3, 0.4) is 0 Å². The molecule has 30 heavy (non-hydrogen) atoms. The molecule has 0 aliphatic carbocycles. The lowest BCUT2D eigenvalue weighted by Gasteiger charge is -2.22. The van der Waals surface area contributed by atoms with Crippen molar-refractivity contribution in [2.24, 2.45) is 5.73 Å². The van der Waals surface area contributed by atoms with Crippen molar-refractivity contribution >= 4 is 52.0 Å². The molecule has 0 radical (unpaired) electrons. The third-order valence-corrected chi connectivity index (χ3v) is 6.59. The zero-order valence-electron chi connectivity index (χ0n) is 15.3. The number of allylic oxidation sites excluding steroid dienone is 1. The zero-order chi connectivity index (χ0) is 21.4. The van der Waals surface area contributed by atoms with Gasteiger partial charge < -0.3 is 5.73 Å². The number of hydrogen-bond acceptors (Lipinski definition) is 5. The molecule has 146 valence electrons. The fourth-order valence-corrected chi connectivity index (χ4v) is 4.96. The molecular formula is C22H12Cl2N4OS. The normalized spacial score (nSPS) is 16.2. The molecule has 1 atom stereocenters. The molecule has 0 fully saturated rings. The minimum Gasteiger partial charge on any atom is -0.384 e.